The quantitative estimate of drug-likeness (QED) is 0.680. The van der Waals surface area contributed by atoms with Crippen LogP contribution in [-0.4, -0.2) is 18.0 Å². The van der Waals surface area contributed by atoms with Gasteiger partial charge in [0.2, 0.25) is 0 Å². The van der Waals surface area contributed by atoms with E-state index in [1.807, 2.05) is 31.2 Å². The lowest BCUT2D eigenvalue weighted by Gasteiger charge is -2.19. The minimum absolute atomic E-state index is 0.0302. The van der Waals surface area contributed by atoms with E-state index in [2.05, 4.69) is 5.32 Å². The average Bonchev–Trinajstić information content (AvgIpc) is 2.85. The zero-order chi connectivity index (χ0) is 18.6. The van der Waals surface area contributed by atoms with Crippen molar-refractivity contribution in [3.05, 3.63) is 55.7 Å². The minimum Gasteiger partial charge on any atom is -0.463 e. The molecule has 0 aliphatic carbocycles. The number of esters is 1. The third-order valence-corrected chi connectivity index (χ3v) is 4.91. The van der Waals surface area contributed by atoms with E-state index < -0.39 is 6.04 Å². The summed E-state index contributed by atoms with van der Waals surface area (Å²) in [4.78, 5) is 24.6. The van der Waals surface area contributed by atoms with Crippen LogP contribution >= 0.6 is 34.5 Å². The predicted octanol–water partition coefficient (Wildman–Crippen LogP) is 5.18. The number of ether oxygens (including phenoxy) is 1. The fourth-order valence-corrected chi connectivity index (χ4v) is 3.72. The Morgan fingerprint density at radius 3 is 2.36 bits per heavy atom. The zero-order valence-electron chi connectivity index (χ0n) is 14.1. The molecule has 0 saturated heterocycles. The van der Waals surface area contributed by atoms with E-state index in [1.54, 1.807) is 13.8 Å². The Labute approximate surface area is 161 Å². The molecule has 0 aliphatic rings. The number of benzene rings is 1. The standard InChI is InChI=1S/C18H19Cl2NO3S/c1-10(2)24-16(22)9-14(12-6-4-11(3)5-7-12)21-18(23)13-8-15(19)25-17(13)20/h4-8,10,14H,9H2,1-3H3,(H,21,23). The van der Waals surface area contributed by atoms with Gasteiger partial charge in [0.25, 0.3) is 5.91 Å². The van der Waals surface area contributed by atoms with Gasteiger partial charge in [0.1, 0.15) is 4.34 Å². The third kappa shape index (κ3) is 5.73. The van der Waals surface area contributed by atoms with Crippen LogP contribution in [0.2, 0.25) is 8.67 Å². The van der Waals surface area contributed by atoms with Crippen molar-refractivity contribution in [1.29, 1.82) is 0 Å². The van der Waals surface area contributed by atoms with Gasteiger partial charge in [-0.1, -0.05) is 53.0 Å². The van der Waals surface area contributed by atoms with Crippen molar-refractivity contribution in [3.8, 4) is 0 Å². The van der Waals surface area contributed by atoms with E-state index in [-0.39, 0.29) is 24.4 Å². The van der Waals surface area contributed by atoms with Gasteiger partial charge in [-0.2, -0.15) is 0 Å². The minimum atomic E-state index is -0.519. The van der Waals surface area contributed by atoms with Crippen LogP contribution in [0.4, 0.5) is 0 Å². The van der Waals surface area contributed by atoms with Crippen LogP contribution in [0.3, 0.4) is 0 Å². The summed E-state index contributed by atoms with van der Waals surface area (Å²) in [6, 6.07) is 8.61. The maximum atomic E-state index is 12.5. The van der Waals surface area contributed by atoms with Gasteiger partial charge in [-0.3, -0.25) is 9.59 Å². The van der Waals surface area contributed by atoms with Gasteiger partial charge in [-0.15, -0.1) is 11.3 Å². The largest absolute Gasteiger partial charge is 0.463 e. The Bertz CT molecular complexity index is 756. The van der Waals surface area contributed by atoms with E-state index in [1.165, 1.54) is 6.07 Å². The number of aryl methyl sites for hydroxylation is 1. The van der Waals surface area contributed by atoms with E-state index in [9.17, 15) is 9.59 Å². The second-order valence-corrected chi connectivity index (χ2v) is 8.20. The first kappa shape index (κ1) is 19.8. The first-order chi connectivity index (χ1) is 11.8. The van der Waals surface area contributed by atoms with Crippen LogP contribution in [-0.2, 0) is 9.53 Å². The molecule has 0 saturated carbocycles. The molecule has 2 aromatic rings. The molecule has 7 heteroatoms. The number of hydrogen-bond donors (Lipinski definition) is 1. The SMILES string of the molecule is Cc1ccc(C(CC(=O)OC(C)C)NC(=O)c2cc(Cl)sc2Cl)cc1. The highest BCUT2D eigenvalue weighted by atomic mass is 35.5. The fraction of sp³-hybridized carbons (Fsp3) is 0.333. The number of carbonyl (C=O) groups is 2. The van der Waals surface area contributed by atoms with Gasteiger partial charge >= 0.3 is 5.97 Å². The van der Waals surface area contributed by atoms with Crippen LogP contribution in [0.15, 0.2) is 30.3 Å². The number of amides is 1. The molecule has 1 amide bonds. The van der Waals surface area contributed by atoms with Crippen LogP contribution in [0.25, 0.3) is 0 Å². The lowest BCUT2D eigenvalue weighted by molar-refractivity contribution is -0.147. The zero-order valence-corrected chi connectivity index (χ0v) is 16.5. The van der Waals surface area contributed by atoms with Gasteiger partial charge in [-0.25, -0.2) is 0 Å². The summed E-state index contributed by atoms with van der Waals surface area (Å²) in [7, 11) is 0. The smallest absolute Gasteiger partial charge is 0.308 e. The molecule has 134 valence electrons. The van der Waals surface area contributed by atoms with Crippen LogP contribution < -0.4 is 5.32 Å². The van der Waals surface area contributed by atoms with E-state index >= 15 is 0 Å². The Morgan fingerprint density at radius 2 is 1.84 bits per heavy atom. The van der Waals surface area contributed by atoms with Gasteiger partial charge in [0.05, 0.1) is 28.5 Å². The van der Waals surface area contributed by atoms with Crippen molar-refractivity contribution in [3.63, 3.8) is 0 Å². The number of rotatable bonds is 6. The monoisotopic (exact) mass is 399 g/mol. The molecule has 1 atom stereocenters. The molecule has 4 nitrogen and oxygen atoms in total. The summed E-state index contributed by atoms with van der Waals surface area (Å²) in [5.74, 6) is -0.758. The molecule has 0 radical (unpaired) electrons. The number of thiophene rings is 1. The Kier molecular flexibility index (Phi) is 6.87. The van der Waals surface area contributed by atoms with Crippen molar-refractivity contribution >= 4 is 46.4 Å². The van der Waals surface area contributed by atoms with E-state index in [0.717, 1.165) is 22.5 Å². The first-order valence-corrected chi connectivity index (χ1v) is 9.35. The predicted molar refractivity (Wildman–Crippen MR) is 102 cm³/mol. The third-order valence-electron chi connectivity index (χ3n) is 3.42. The molecule has 0 aliphatic heterocycles. The van der Waals surface area contributed by atoms with Crippen LogP contribution in [0.5, 0.6) is 0 Å². The second kappa shape index (κ2) is 8.70. The molecule has 0 fully saturated rings. The van der Waals surface area contributed by atoms with Gasteiger partial charge in [0, 0.05) is 0 Å². The summed E-state index contributed by atoms with van der Waals surface area (Å²) in [6.45, 7) is 5.53. The van der Waals surface area contributed by atoms with Crippen LogP contribution in [0, 0.1) is 6.92 Å². The lowest BCUT2D eigenvalue weighted by atomic mass is 10.0. The molecule has 2 rings (SSSR count). The molecule has 1 aromatic heterocycles. The molecular formula is C18H19Cl2NO3S. The van der Waals surface area contributed by atoms with Gasteiger partial charge in [0.15, 0.2) is 0 Å². The van der Waals surface area contributed by atoms with Crippen molar-refractivity contribution in [2.75, 3.05) is 0 Å². The maximum Gasteiger partial charge on any atom is 0.308 e. The molecule has 0 spiro atoms. The highest BCUT2D eigenvalue weighted by Gasteiger charge is 2.23. The summed E-state index contributed by atoms with van der Waals surface area (Å²) < 4.78 is 5.95. The topological polar surface area (TPSA) is 55.4 Å². The molecule has 25 heavy (non-hydrogen) atoms. The molecule has 1 N–H and O–H groups in total. The van der Waals surface area contributed by atoms with Crippen molar-refractivity contribution in [1.82, 2.24) is 5.32 Å². The van der Waals surface area contributed by atoms with Crippen molar-refractivity contribution in [2.45, 2.75) is 39.3 Å². The molecule has 0 bridgehead atoms. The number of halogens is 2. The van der Waals surface area contributed by atoms with E-state index in [0.29, 0.717) is 14.2 Å². The first-order valence-electron chi connectivity index (χ1n) is 7.78. The summed E-state index contributed by atoms with van der Waals surface area (Å²) in [5, 5.41) is 2.85. The average molecular weight is 400 g/mol. The Morgan fingerprint density at radius 1 is 1.20 bits per heavy atom. The summed E-state index contributed by atoms with van der Waals surface area (Å²) in [5.41, 5.74) is 2.20. The number of nitrogens with one attached hydrogen (secondary N) is 1. The van der Waals surface area contributed by atoms with Gasteiger partial charge < -0.3 is 10.1 Å². The number of hydrogen-bond acceptors (Lipinski definition) is 4. The highest BCUT2D eigenvalue weighted by Crippen LogP contribution is 2.31. The Hall–Kier alpha value is -1.56. The summed E-state index contributed by atoms with van der Waals surface area (Å²) in [6.07, 6.45) is -0.186. The molecule has 1 aromatic carbocycles. The molecular weight excluding hydrogens is 381 g/mol. The Balaban J connectivity index is 2.21. The van der Waals surface area contributed by atoms with Crippen molar-refractivity contribution in [2.24, 2.45) is 0 Å². The van der Waals surface area contributed by atoms with Crippen LogP contribution in [0.1, 0.15) is 47.8 Å². The lowest BCUT2D eigenvalue weighted by Crippen LogP contribution is -2.31. The summed E-state index contributed by atoms with van der Waals surface area (Å²) >= 11 is 13.1. The van der Waals surface area contributed by atoms with Gasteiger partial charge in [-0.05, 0) is 32.4 Å². The normalized spacial score (nSPS) is 12.1. The highest BCUT2D eigenvalue weighted by molar-refractivity contribution is 7.20. The molecule has 1 heterocycles. The van der Waals surface area contributed by atoms with E-state index in [4.69, 9.17) is 27.9 Å². The van der Waals surface area contributed by atoms with Crippen molar-refractivity contribution < 1.29 is 14.3 Å². The molecule has 1 unspecified atom stereocenters. The maximum absolute atomic E-state index is 12.5. The number of carbonyl (C=O) groups excluding carboxylic acids is 2. The fourth-order valence-electron chi connectivity index (χ4n) is 2.26. The second-order valence-electron chi connectivity index (χ2n) is 5.92.